The second-order valence-corrected chi connectivity index (χ2v) is 17.2. The quantitative estimate of drug-likeness (QED) is 0.183. The van der Waals surface area contributed by atoms with Crippen LogP contribution in [0.3, 0.4) is 0 Å². The number of nitrogens with one attached hydrogen (secondary N) is 1. The Morgan fingerprint density at radius 3 is 2.25 bits per heavy atom. The van der Waals surface area contributed by atoms with E-state index in [1.807, 2.05) is 0 Å². The minimum Gasteiger partial charge on any atom is -0.459 e. The van der Waals surface area contributed by atoms with Crippen molar-refractivity contribution in [3.05, 3.63) is 35.5 Å². The van der Waals surface area contributed by atoms with Crippen LogP contribution in [0, 0.1) is 16.7 Å². The Kier molecular flexibility index (Phi) is 11.8. The number of carbonyl (C=O) groups is 6. The van der Waals surface area contributed by atoms with Crippen molar-refractivity contribution in [1.82, 2.24) is 5.32 Å². The Morgan fingerprint density at radius 1 is 0.982 bits per heavy atom. The number of fused-ring (bicyclic) bond motifs is 6. The number of allylic oxidation sites excluding steroid dienone is 3. The molecule has 0 aromatic rings. The van der Waals surface area contributed by atoms with Gasteiger partial charge in [-0.15, -0.1) is 0 Å². The van der Waals surface area contributed by atoms with E-state index in [1.165, 1.54) is 19.9 Å². The van der Waals surface area contributed by atoms with Gasteiger partial charge in [-0.2, -0.15) is 0 Å². The summed E-state index contributed by atoms with van der Waals surface area (Å²) in [5, 5.41) is 39.2. The molecule has 16 heteroatoms. The van der Waals surface area contributed by atoms with E-state index in [4.69, 9.17) is 28.4 Å². The minimum atomic E-state index is -2.32. The molecule has 3 bridgehead atoms. The maximum Gasteiger partial charge on any atom is 0.408 e. The highest BCUT2D eigenvalue weighted by Gasteiger charge is 2.78. The number of ether oxygens (including phenoxy) is 6. The first-order valence-electron chi connectivity index (χ1n) is 18.9. The first-order chi connectivity index (χ1) is 25.9. The number of rotatable bonds is 3. The Morgan fingerprint density at radius 2 is 1.66 bits per heavy atom. The Balaban J connectivity index is 1.75. The van der Waals surface area contributed by atoms with Crippen LogP contribution in [-0.2, 0) is 52.4 Å². The van der Waals surface area contributed by atoms with E-state index in [-0.39, 0.29) is 43.4 Å². The number of amides is 1. The van der Waals surface area contributed by atoms with Crippen molar-refractivity contribution in [2.75, 3.05) is 6.61 Å². The van der Waals surface area contributed by atoms with E-state index in [1.54, 1.807) is 52.8 Å². The van der Waals surface area contributed by atoms with Crippen molar-refractivity contribution in [3.8, 4) is 0 Å². The highest BCUT2D eigenvalue weighted by atomic mass is 16.6. The normalized spacial score (nSPS) is 39.2. The lowest BCUT2D eigenvalue weighted by Gasteiger charge is -2.67. The van der Waals surface area contributed by atoms with Crippen LogP contribution in [0.25, 0.3) is 0 Å². The van der Waals surface area contributed by atoms with Crippen molar-refractivity contribution in [1.29, 1.82) is 0 Å². The van der Waals surface area contributed by atoms with Crippen molar-refractivity contribution in [2.24, 2.45) is 16.7 Å². The average Bonchev–Trinajstić information content (AvgIpc) is 3.06. The lowest BCUT2D eigenvalue weighted by molar-refractivity contribution is -0.347. The van der Waals surface area contributed by atoms with Crippen molar-refractivity contribution >= 4 is 35.8 Å². The molecule has 5 rings (SSSR count). The standard InChI is InChI=1S/C40H55NO15/c1-20-24-18-40(50)33(54-27(45)16-14-12-10-11-13-15-23(29(46)34(48)53-24)41-35(49)56-36(4,5)6)31-38(9,25(44)17-26-39(31,19-51-26)55-22(3)43)32(47)30(52-21(2)42)28(20)37(40,7)8/h10,12-13,15,23-26,29-31,33,44,46,50H,11,14,16-19H2,1-9H3,(H,41,49)/b12-10+,15-13?/t23-,24+,25+,26-,29+,30-,31+,33-,38-,39-,40+/m1/s1. The molecular formula is C40H55NO15. The number of hydrogen-bond donors (Lipinski definition) is 4. The second-order valence-electron chi connectivity index (χ2n) is 17.2. The molecule has 2 saturated carbocycles. The molecule has 310 valence electrons. The number of Topliss-reactive ketones (excluding diaryl/α,β-unsaturated/α-hetero) is 1. The van der Waals surface area contributed by atoms with E-state index in [9.17, 15) is 39.3 Å². The molecule has 11 atom stereocenters. The third-order valence-electron chi connectivity index (χ3n) is 12.0. The van der Waals surface area contributed by atoms with Crippen molar-refractivity contribution in [3.63, 3.8) is 0 Å². The van der Waals surface area contributed by atoms with E-state index in [0.717, 1.165) is 13.8 Å². The summed E-state index contributed by atoms with van der Waals surface area (Å²) in [5.74, 6) is -5.99. The molecule has 3 fully saturated rings. The summed E-state index contributed by atoms with van der Waals surface area (Å²) in [6.07, 6.45) is -4.46. The summed E-state index contributed by atoms with van der Waals surface area (Å²) in [5.41, 5.74) is -8.35. The number of esters is 4. The summed E-state index contributed by atoms with van der Waals surface area (Å²) in [6, 6.07) is -1.35. The van der Waals surface area contributed by atoms with Gasteiger partial charge in [-0.25, -0.2) is 9.59 Å². The predicted octanol–water partition coefficient (Wildman–Crippen LogP) is 2.44. The molecule has 0 aromatic heterocycles. The Labute approximate surface area is 325 Å². The SMILES string of the molecule is CC(=O)O[C@H]1C(=O)[C@@]2(C)[C@H]([C@H]3OC(=O)CC/C=C/CC=C[C@@H](NC(=O)OC(C)(C)C)[C@H](O)C(=O)O[C@H]4C[C@@]3(O)C(C)(C)C1=C4C)[C@@]1(OC(C)=O)CO[C@@H]1C[C@@H]2O. The highest BCUT2D eigenvalue weighted by Crippen LogP contribution is 2.64. The van der Waals surface area contributed by atoms with Crippen molar-refractivity contribution in [2.45, 2.75) is 154 Å². The monoisotopic (exact) mass is 789 g/mol. The fraction of sp³-hybridized carbons (Fsp3) is 0.700. The number of alkyl carbamates (subject to hydrolysis) is 1. The smallest absolute Gasteiger partial charge is 0.408 e. The molecule has 0 spiro atoms. The van der Waals surface area contributed by atoms with Gasteiger partial charge in [0.05, 0.1) is 30.1 Å². The van der Waals surface area contributed by atoms with Gasteiger partial charge in [-0.3, -0.25) is 19.2 Å². The number of hydrogen-bond acceptors (Lipinski definition) is 15. The summed E-state index contributed by atoms with van der Waals surface area (Å²) in [4.78, 5) is 81.5. The molecule has 1 saturated heterocycles. The van der Waals surface area contributed by atoms with E-state index in [2.05, 4.69) is 5.32 Å². The van der Waals surface area contributed by atoms with Gasteiger partial charge in [-0.1, -0.05) is 38.2 Å². The van der Waals surface area contributed by atoms with Crippen LogP contribution in [0.4, 0.5) is 4.79 Å². The zero-order valence-corrected chi connectivity index (χ0v) is 33.4. The van der Waals surface area contributed by atoms with Crippen LogP contribution in [0.5, 0.6) is 0 Å². The molecule has 5 aliphatic rings. The van der Waals surface area contributed by atoms with Crippen molar-refractivity contribution < 1.29 is 72.5 Å². The highest BCUT2D eigenvalue weighted by molar-refractivity contribution is 5.95. The van der Waals surface area contributed by atoms with E-state index < -0.39 is 118 Å². The van der Waals surface area contributed by atoms with Gasteiger partial charge in [-0.05, 0) is 58.6 Å². The molecule has 2 heterocycles. The fourth-order valence-corrected chi connectivity index (χ4v) is 9.21. The molecule has 0 unspecified atom stereocenters. The second kappa shape index (κ2) is 15.3. The first kappa shape index (κ1) is 43.0. The van der Waals surface area contributed by atoms with Crippen LogP contribution in [-0.4, -0.2) is 117 Å². The summed E-state index contributed by atoms with van der Waals surface area (Å²) < 4.78 is 35.2. The summed E-state index contributed by atoms with van der Waals surface area (Å²) in [6.45, 7) is 12.9. The molecular weight excluding hydrogens is 734 g/mol. The zero-order chi connectivity index (χ0) is 41.8. The van der Waals surface area contributed by atoms with Gasteiger partial charge in [0.15, 0.2) is 23.6 Å². The minimum absolute atomic E-state index is 0.0179. The number of carbonyl (C=O) groups excluding carboxylic acids is 6. The fourth-order valence-electron chi connectivity index (χ4n) is 9.21. The Hall–Kier alpha value is -4.12. The lowest BCUT2D eigenvalue weighted by atomic mass is 9.44. The maximum absolute atomic E-state index is 15.3. The zero-order valence-electron chi connectivity index (χ0n) is 33.4. The van der Waals surface area contributed by atoms with E-state index >= 15 is 4.79 Å². The predicted molar refractivity (Wildman–Crippen MR) is 194 cm³/mol. The van der Waals surface area contributed by atoms with Gasteiger partial charge in [0.2, 0.25) is 0 Å². The van der Waals surface area contributed by atoms with Gasteiger partial charge in [0.1, 0.15) is 29.5 Å². The third-order valence-corrected chi connectivity index (χ3v) is 12.0. The topological polar surface area (TPSA) is 231 Å². The Bertz CT molecular complexity index is 1720. The average molecular weight is 790 g/mol. The molecule has 3 aliphatic carbocycles. The number of aliphatic hydroxyl groups is 3. The van der Waals surface area contributed by atoms with Crippen LogP contribution in [0.1, 0.15) is 94.4 Å². The van der Waals surface area contributed by atoms with Gasteiger partial charge in [0.25, 0.3) is 0 Å². The lowest BCUT2D eigenvalue weighted by Crippen LogP contribution is -2.82. The molecule has 16 nitrogen and oxygen atoms in total. The van der Waals surface area contributed by atoms with Crippen LogP contribution in [0.2, 0.25) is 0 Å². The van der Waals surface area contributed by atoms with Gasteiger partial charge >= 0.3 is 30.0 Å². The van der Waals surface area contributed by atoms with Gasteiger partial charge in [0, 0.05) is 38.5 Å². The van der Waals surface area contributed by atoms with E-state index in [0.29, 0.717) is 0 Å². The molecule has 4 N–H and O–H groups in total. The number of ketones is 1. The van der Waals surface area contributed by atoms with Gasteiger partial charge < -0.3 is 49.1 Å². The molecule has 2 aliphatic heterocycles. The largest absolute Gasteiger partial charge is 0.459 e. The molecule has 0 aromatic carbocycles. The number of aliphatic hydroxyl groups excluding tert-OH is 2. The summed E-state index contributed by atoms with van der Waals surface area (Å²) in [7, 11) is 0. The molecule has 0 radical (unpaired) electrons. The first-order valence-corrected chi connectivity index (χ1v) is 18.9. The summed E-state index contributed by atoms with van der Waals surface area (Å²) >= 11 is 0. The van der Waals surface area contributed by atoms with Crippen LogP contribution >= 0.6 is 0 Å². The third kappa shape index (κ3) is 7.52. The molecule has 1 amide bonds. The molecule has 56 heavy (non-hydrogen) atoms. The van der Waals surface area contributed by atoms with Crippen LogP contribution < -0.4 is 5.32 Å². The van der Waals surface area contributed by atoms with Crippen LogP contribution in [0.15, 0.2) is 35.5 Å². The maximum atomic E-state index is 15.3.